The molecule has 3 aliphatic rings. The number of aliphatic hydroxyl groups is 8. The zero-order chi connectivity index (χ0) is 50.6. The fraction of sp³-hybridized carbons (Fsp3) is 0.422. The topological polar surface area (TPSA) is 402 Å². The third kappa shape index (κ3) is 11.8. The summed E-state index contributed by atoms with van der Waals surface area (Å²) in [6.45, 7) is -2.67. The lowest BCUT2D eigenvalue weighted by molar-refractivity contribution is -0.421. The fourth-order valence-corrected chi connectivity index (χ4v) is 7.49. The van der Waals surface area contributed by atoms with Gasteiger partial charge in [0, 0.05) is 18.2 Å². The SMILES string of the molecule is O=C(O)CC(=O)OC[C@H]1O[C@@H](Oc2cc(O)cc3[o+]c(-c4ccc(O)cc4)c(O[C@@H]4O[C@H](COC(=O)/C=C/c5ccc(O)cc5)[C@@H](O)[C@H](O)[C@H]4O[C@@H]4O[C@H](C[O-])[C@@H](O)[C@H](O)[C@H]4O)cc23)[C@H](O)[C@@H](O)[C@@H]1O. The first-order valence-electron chi connectivity index (χ1n) is 21.2. The van der Waals surface area contributed by atoms with Crippen LogP contribution in [0.15, 0.2) is 77.2 Å². The average Bonchev–Trinajstić information content (AvgIpc) is 3.32. The van der Waals surface area contributed by atoms with E-state index < -0.39 is 142 Å². The van der Waals surface area contributed by atoms with Gasteiger partial charge in [-0.1, -0.05) is 12.1 Å². The summed E-state index contributed by atoms with van der Waals surface area (Å²) in [6, 6.07) is 14.4. The highest BCUT2D eigenvalue weighted by Gasteiger charge is 2.52. The van der Waals surface area contributed by atoms with Crippen molar-refractivity contribution in [3.63, 3.8) is 0 Å². The highest BCUT2D eigenvalue weighted by molar-refractivity contribution is 5.90. The number of carboxylic acid groups (broad SMARTS) is 1. The molecule has 4 aromatic rings. The van der Waals surface area contributed by atoms with Crippen LogP contribution in [-0.2, 0) is 42.8 Å². The van der Waals surface area contributed by atoms with Crippen LogP contribution in [-0.4, -0.2) is 191 Å². The Hall–Kier alpha value is -6.30. The number of phenols is 3. The summed E-state index contributed by atoms with van der Waals surface area (Å²) in [4.78, 5) is 35.7. The molecule has 0 bridgehead atoms. The molecule has 3 saturated heterocycles. The first-order chi connectivity index (χ1) is 33.3. The molecular formula is C45H48O25. The van der Waals surface area contributed by atoms with E-state index in [4.69, 9.17) is 47.4 Å². The predicted molar refractivity (Wildman–Crippen MR) is 226 cm³/mol. The van der Waals surface area contributed by atoms with Gasteiger partial charge in [-0.3, -0.25) is 9.59 Å². The number of benzene rings is 3. The molecule has 1 aromatic heterocycles. The lowest BCUT2D eigenvalue weighted by Gasteiger charge is -2.46. The van der Waals surface area contributed by atoms with Crippen molar-refractivity contribution in [2.24, 2.45) is 0 Å². The van der Waals surface area contributed by atoms with Crippen LogP contribution in [0.5, 0.6) is 28.7 Å². The minimum Gasteiger partial charge on any atom is -0.853 e. The quantitative estimate of drug-likeness (QED) is 0.0236. The Bertz CT molecular complexity index is 2480. The maximum Gasteiger partial charge on any atom is 0.402 e. The molecule has 3 fully saturated rings. The number of fused-ring (bicyclic) bond motifs is 1. The van der Waals surface area contributed by atoms with Gasteiger partial charge in [0.1, 0.15) is 109 Å². The summed E-state index contributed by atoms with van der Waals surface area (Å²) < 4.78 is 51.7. The summed E-state index contributed by atoms with van der Waals surface area (Å²) in [5, 5.41) is 138. The summed E-state index contributed by atoms with van der Waals surface area (Å²) >= 11 is 0. The number of carboxylic acids is 1. The molecule has 0 unspecified atom stereocenters. The van der Waals surface area contributed by atoms with E-state index in [1.54, 1.807) is 0 Å². The monoisotopic (exact) mass is 988 g/mol. The summed E-state index contributed by atoms with van der Waals surface area (Å²) in [7, 11) is 0. The van der Waals surface area contributed by atoms with Crippen LogP contribution in [0, 0.1) is 0 Å². The number of esters is 2. The van der Waals surface area contributed by atoms with Gasteiger partial charge >= 0.3 is 29.3 Å². The van der Waals surface area contributed by atoms with E-state index in [0.29, 0.717) is 5.56 Å². The standard InChI is InChI=1S/C45H48O25/c46-15-27-33(54)36(57)40(61)44(67-27)70-42-38(59)35(56)29(16-62-31(52)10-3-18-1-6-20(47)7-2-18)69-45(42)66-26-13-23-24(64-41(26)19-4-8-21(48)9-5-19)11-22(49)12-25(23)65-43-39(60)37(58)34(55)28(68-43)17-63-32(53)14-30(50)51/h1-13,27-29,33-40,42-45,47-49,54-61H,14-17H2,(H,50,51)/b10-3+/t27-,28-,29-,33-,34-,35-,36+,37+,38+,39-,40-,42-,43-,44+,45-/m1/s1. The van der Waals surface area contributed by atoms with Crippen LogP contribution < -0.4 is 14.6 Å². The maximum atomic E-state index is 12.8. The van der Waals surface area contributed by atoms with Gasteiger partial charge in [-0.2, -0.15) is 0 Å². The second-order valence-corrected chi connectivity index (χ2v) is 16.2. The number of ether oxygens (including phenoxy) is 8. The number of aromatic hydroxyl groups is 3. The van der Waals surface area contributed by atoms with Crippen molar-refractivity contribution in [2.45, 2.75) is 98.5 Å². The average molecular weight is 989 g/mol. The highest BCUT2D eigenvalue weighted by Crippen LogP contribution is 2.43. The first kappa shape index (κ1) is 51.5. The Labute approximate surface area is 394 Å². The zero-order valence-corrected chi connectivity index (χ0v) is 36.2. The van der Waals surface area contributed by atoms with E-state index in [2.05, 4.69) is 0 Å². The van der Waals surface area contributed by atoms with E-state index in [1.165, 1.54) is 60.7 Å². The Morgan fingerprint density at radius 3 is 1.81 bits per heavy atom. The van der Waals surface area contributed by atoms with Crippen LogP contribution in [0.2, 0.25) is 0 Å². The van der Waals surface area contributed by atoms with Gasteiger partial charge in [-0.05, 0) is 48.0 Å². The van der Waals surface area contributed by atoms with Gasteiger partial charge in [0.25, 0.3) is 0 Å². The molecule has 12 N–H and O–H groups in total. The van der Waals surface area contributed by atoms with E-state index in [1.807, 2.05) is 0 Å². The molecule has 3 aromatic carbocycles. The number of aliphatic hydroxyl groups excluding tert-OH is 8. The second-order valence-electron chi connectivity index (χ2n) is 16.2. The van der Waals surface area contributed by atoms with E-state index in [9.17, 15) is 75.7 Å². The van der Waals surface area contributed by atoms with Crippen LogP contribution in [0.25, 0.3) is 28.4 Å². The van der Waals surface area contributed by atoms with Crippen molar-refractivity contribution in [1.29, 1.82) is 0 Å². The molecule has 0 spiro atoms. The van der Waals surface area contributed by atoms with Crippen molar-refractivity contribution in [3.8, 4) is 40.1 Å². The molecule has 0 amide bonds. The number of rotatable bonds is 16. The van der Waals surface area contributed by atoms with Gasteiger partial charge in [0.05, 0.1) is 17.7 Å². The first-order valence-corrected chi connectivity index (χ1v) is 21.2. The Kier molecular flexibility index (Phi) is 16.3. The van der Waals surface area contributed by atoms with E-state index >= 15 is 0 Å². The van der Waals surface area contributed by atoms with Crippen LogP contribution in [0.3, 0.4) is 0 Å². The molecule has 4 heterocycles. The fourth-order valence-electron chi connectivity index (χ4n) is 7.49. The van der Waals surface area contributed by atoms with Crippen LogP contribution in [0.1, 0.15) is 12.0 Å². The third-order valence-corrected chi connectivity index (χ3v) is 11.3. The predicted octanol–water partition coefficient (Wildman–Crippen LogP) is -2.66. The molecule has 70 heavy (non-hydrogen) atoms. The van der Waals surface area contributed by atoms with Crippen molar-refractivity contribution in [2.75, 3.05) is 19.8 Å². The Morgan fingerprint density at radius 1 is 0.614 bits per heavy atom. The minimum atomic E-state index is -2.09. The van der Waals surface area contributed by atoms with Crippen molar-refractivity contribution < 1.29 is 123 Å². The van der Waals surface area contributed by atoms with Gasteiger partial charge in [-0.15, -0.1) is 6.61 Å². The summed E-state index contributed by atoms with van der Waals surface area (Å²) in [5.41, 5.74) is 0.499. The van der Waals surface area contributed by atoms with E-state index in [-0.39, 0.29) is 45.3 Å². The largest absolute Gasteiger partial charge is 0.853 e. The molecule has 3 aliphatic heterocycles. The molecule has 25 heteroatoms. The van der Waals surface area contributed by atoms with Crippen molar-refractivity contribution in [1.82, 2.24) is 0 Å². The van der Waals surface area contributed by atoms with Crippen molar-refractivity contribution in [3.05, 3.63) is 78.4 Å². The Balaban J connectivity index is 1.24. The molecule has 0 aliphatic carbocycles. The summed E-state index contributed by atoms with van der Waals surface area (Å²) in [5.74, 6) is -5.31. The number of hydrogen-bond donors (Lipinski definition) is 12. The summed E-state index contributed by atoms with van der Waals surface area (Å²) in [6.07, 6.45) is -27.2. The number of hydrogen-bond acceptors (Lipinski definition) is 23. The molecule has 15 atom stereocenters. The number of carbonyl (C=O) groups is 3. The van der Waals surface area contributed by atoms with E-state index in [0.717, 1.165) is 18.2 Å². The van der Waals surface area contributed by atoms with Gasteiger partial charge < -0.3 is 104 Å². The lowest BCUT2D eigenvalue weighted by atomic mass is 9.97. The van der Waals surface area contributed by atoms with Crippen LogP contribution >= 0.6 is 0 Å². The molecule has 25 nitrogen and oxygen atoms in total. The molecule has 378 valence electrons. The van der Waals surface area contributed by atoms with Crippen molar-refractivity contribution >= 4 is 35.0 Å². The normalized spacial score (nSPS) is 31.2. The van der Waals surface area contributed by atoms with Crippen LogP contribution in [0.4, 0.5) is 0 Å². The zero-order valence-electron chi connectivity index (χ0n) is 36.2. The number of aliphatic carboxylic acids is 1. The maximum absolute atomic E-state index is 12.8. The lowest BCUT2D eigenvalue weighted by Crippen LogP contribution is -2.65. The molecular weight excluding hydrogens is 940 g/mol. The Morgan fingerprint density at radius 2 is 1.17 bits per heavy atom. The molecule has 7 rings (SSSR count). The van der Waals surface area contributed by atoms with Gasteiger partial charge in [0.2, 0.25) is 18.3 Å². The van der Waals surface area contributed by atoms with Gasteiger partial charge in [0.15, 0.2) is 12.4 Å². The number of carbonyl (C=O) groups excluding carboxylic acids is 2. The third-order valence-electron chi connectivity index (χ3n) is 11.3. The molecule has 0 saturated carbocycles. The number of phenolic OH excluding ortho intramolecular Hbond substituents is 3. The minimum absolute atomic E-state index is 0.0186. The highest BCUT2D eigenvalue weighted by atomic mass is 16.8. The smallest absolute Gasteiger partial charge is 0.402 e. The second kappa shape index (κ2) is 22.2. The van der Waals surface area contributed by atoms with Gasteiger partial charge in [-0.25, -0.2) is 9.21 Å². The molecule has 0 radical (unpaired) electrons.